The first kappa shape index (κ1) is 42.0. The summed E-state index contributed by atoms with van der Waals surface area (Å²) in [6.45, 7) is 0. The van der Waals surface area contributed by atoms with E-state index in [1.165, 1.54) is 0 Å². The molecule has 10 aromatic rings. The summed E-state index contributed by atoms with van der Waals surface area (Å²) < 4.78 is 0. The molecule has 0 atom stereocenters. The monoisotopic (exact) mass is 881 g/mol. The Morgan fingerprint density at radius 3 is 0.688 bits per heavy atom. The normalized spacial score (nSPS) is 10.9. The molecule has 0 aliphatic carbocycles. The zero-order valence-corrected chi connectivity index (χ0v) is 36.2. The van der Waals surface area contributed by atoms with Crippen LogP contribution in [0.1, 0.15) is 0 Å². The molecule has 0 unspecified atom stereocenters. The highest BCUT2D eigenvalue weighted by molar-refractivity contribution is 6.30. The fourth-order valence-corrected chi connectivity index (χ4v) is 8.14. The first-order valence-electron chi connectivity index (χ1n) is 20.1. The summed E-state index contributed by atoms with van der Waals surface area (Å²) in [6, 6.07) is 55.8. The molecule has 4 aromatic carbocycles. The van der Waals surface area contributed by atoms with Crippen molar-refractivity contribution in [2.45, 2.75) is 0 Å². The average Bonchev–Trinajstić information content (AvgIpc) is 3.35. The number of rotatable bonds is 9. The molecule has 10 heteroatoms. The van der Waals surface area contributed by atoms with Crippen molar-refractivity contribution in [2.75, 3.05) is 0 Å². The van der Waals surface area contributed by atoms with Crippen LogP contribution in [0.15, 0.2) is 201 Å². The Morgan fingerprint density at radius 1 is 0.234 bits per heavy atom. The number of pyridine rings is 6. The number of hydrogen-bond donors (Lipinski definition) is 0. The summed E-state index contributed by atoms with van der Waals surface area (Å²) in [5.74, 6) is 0. The van der Waals surface area contributed by atoms with Crippen molar-refractivity contribution in [3.05, 3.63) is 216 Å². The van der Waals surface area contributed by atoms with Gasteiger partial charge in [-0.2, -0.15) is 0 Å². The molecular formula is C54H33BCl3N6. The molecule has 0 fully saturated rings. The predicted octanol–water partition coefficient (Wildman–Crippen LogP) is 14.6. The molecule has 0 aliphatic heterocycles. The molecule has 6 nitrogen and oxygen atoms in total. The van der Waals surface area contributed by atoms with Crippen LogP contribution in [-0.2, 0) is 0 Å². The second-order valence-corrected chi connectivity index (χ2v) is 16.0. The second-order valence-electron chi connectivity index (χ2n) is 14.8. The smallest absolute Gasteiger partial charge is 0.129 e. The lowest BCUT2D eigenvalue weighted by Crippen LogP contribution is -1.93. The summed E-state index contributed by atoms with van der Waals surface area (Å²) in [5.41, 5.74) is 17.7. The number of benzene rings is 4. The molecule has 0 spiro atoms. The van der Waals surface area contributed by atoms with Crippen LogP contribution < -0.4 is 0 Å². The van der Waals surface area contributed by atoms with Crippen molar-refractivity contribution >= 4 is 43.2 Å². The van der Waals surface area contributed by atoms with Crippen molar-refractivity contribution < 1.29 is 0 Å². The number of nitrogens with zero attached hydrogens (tertiary/aromatic N) is 6. The van der Waals surface area contributed by atoms with E-state index >= 15 is 0 Å². The van der Waals surface area contributed by atoms with E-state index in [9.17, 15) is 0 Å². The Labute approximate surface area is 387 Å². The molecule has 64 heavy (non-hydrogen) atoms. The van der Waals surface area contributed by atoms with Crippen LogP contribution in [0.25, 0.3) is 101 Å². The molecule has 10 rings (SSSR count). The van der Waals surface area contributed by atoms with Gasteiger partial charge in [0.05, 0.1) is 17.1 Å². The fourth-order valence-electron chi connectivity index (χ4n) is 7.81. The fraction of sp³-hybridized carbons (Fsp3) is 0. The third kappa shape index (κ3) is 8.83. The van der Waals surface area contributed by atoms with Gasteiger partial charge in [0.25, 0.3) is 0 Å². The third-order valence-electron chi connectivity index (χ3n) is 10.9. The highest BCUT2D eigenvalue weighted by Crippen LogP contribution is 2.42. The zero-order valence-electron chi connectivity index (χ0n) is 33.9. The van der Waals surface area contributed by atoms with Crippen LogP contribution in [0.5, 0.6) is 0 Å². The largest absolute Gasteiger partial charge is 0.256 e. The minimum absolute atomic E-state index is 0. The van der Waals surface area contributed by atoms with Gasteiger partial charge in [-0.3, -0.25) is 15.0 Å². The van der Waals surface area contributed by atoms with Crippen molar-refractivity contribution in [3.8, 4) is 101 Å². The molecule has 0 saturated heterocycles. The Kier molecular flexibility index (Phi) is 12.2. The summed E-state index contributed by atoms with van der Waals surface area (Å²) in [4.78, 5) is 27.3. The first-order chi connectivity index (χ1) is 30.9. The van der Waals surface area contributed by atoms with Gasteiger partial charge in [-0.25, -0.2) is 15.0 Å². The molecule has 303 valence electrons. The van der Waals surface area contributed by atoms with E-state index < -0.39 is 0 Å². The molecule has 6 aromatic heterocycles. The van der Waals surface area contributed by atoms with Gasteiger partial charge < -0.3 is 0 Å². The Balaban J connectivity index is 0.00000518. The maximum atomic E-state index is 6.07. The van der Waals surface area contributed by atoms with Crippen molar-refractivity contribution in [2.24, 2.45) is 0 Å². The second kappa shape index (κ2) is 18.6. The minimum Gasteiger partial charge on any atom is -0.256 e. The maximum absolute atomic E-state index is 6.07. The van der Waals surface area contributed by atoms with E-state index in [1.807, 2.05) is 55.0 Å². The lowest BCUT2D eigenvalue weighted by Gasteiger charge is -2.18. The number of aromatic nitrogens is 6. The van der Waals surface area contributed by atoms with Crippen molar-refractivity contribution in [1.29, 1.82) is 0 Å². The van der Waals surface area contributed by atoms with Gasteiger partial charge in [0.1, 0.15) is 15.5 Å². The van der Waals surface area contributed by atoms with Gasteiger partial charge in [-0.05, 0) is 123 Å². The van der Waals surface area contributed by atoms with Crippen LogP contribution in [0.4, 0.5) is 0 Å². The van der Waals surface area contributed by atoms with Crippen LogP contribution in [0.3, 0.4) is 0 Å². The lowest BCUT2D eigenvalue weighted by atomic mass is 9.86. The SMILES string of the molecule is Clc1ccc(-c2ccc(-c3ccccc3-c3cc(-c4ccccc4-c4ccc(-c5ccc(Cl)nc5)nc4)cc(-c4ccccc4-c4ccc(-c5ccc(Cl)nc5)nc4)c3)cn2)cn1.[B]. The summed E-state index contributed by atoms with van der Waals surface area (Å²) in [7, 11) is 0. The predicted molar refractivity (Wildman–Crippen MR) is 263 cm³/mol. The quantitative estimate of drug-likeness (QED) is 0.106. The standard InChI is InChI=1S/C54H33Cl3N6.B/c55-52-22-16-37(31-61-52)49-19-13-34(28-58-49)43-7-1-4-10-46(43)40-25-41(47-11-5-2-8-44(47)35-14-20-50(59-29-35)38-17-23-53(56)62-32-38)27-42(26-40)48-12-6-3-9-45(48)36-15-21-51(60-30-36)39-18-24-54(57)63-33-39;/h1-33H;. The lowest BCUT2D eigenvalue weighted by molar-refractivity contribution is 1.28. The highest BCUT2D eigenvalue weighted by atomic mass is 35.5. The van der Waals surface area contributed by atoms with Gasteiger partial charge in [0.2, 0.25) is 0 Å². The molecule has 0 bridgehead atoms. The Bertz CT molecular complexity index is 2860. The third-order valence-corrected chi connectivity index (χ3v) is 11.6. The van der Waals surface area contributed by atoms with E-state index in [0.717, 1.165) is 101 Å². The highest BCUT2D eigenvalue weighted by Gasteiger charge is 2.17. The first-order valence-corrected chi connectivity index (χ1v) is 21.3. The molecule has 0 saturated carbocycles. The molecule has 0 amide bonds. The molecule has 0 N–H and O–H groups in total. The Morgan fingerprint density at radius 2 is 0.469 bits per heavy atom. The maximum Gasteiger partial charge on any atom is 0.129 e. The van der Waals surface area contributed by atoms with Crippen LogP contribution in [0.2, 0.25) is 15.5 Å². The van der Waals surface area contributed by atoms with E-state index in [4.69, 9.17) is 49.8 Å². The van der Waals surface area contributed by atoms with Gasteiger partial charge in [-0.15, -0.1) is 0 Å². The number of hydrogen-bond acceptors (Lipinski definition) is 6. The molecule has 3 radical (unpaired) electrons. The summed E-state index contributed by atoms with van der Waals surface area (Å²) in [6.07, 6.45) is 11.0. The average molecular weight is 883 g/mol. The Hall–Kier alpha value is -7.29. The van der Waals surface area contributed by atoms with Crippen LogP contribution in [0, 0.1) is 0 Å². The van der Waals surface area contributed by atoms with Crippen LogP contribution in [-0.4, -0.2) is 38.3 Å². The van der Waals surface area contributed by atoms with Gasteiger partial charge >= 0.3 is 0 Å². The number of halogens is 3. The van der Waals surface area contributed by atoms with Crippen molar-refractivity contribution in [1.82, 2.24) is 29.9 Å². The van der Waals surface area contributed by atoms with E-state index in [1.54, 1.807) is 36.8 Å². The van der Waals surface area contributed by atoms with E-state index in [2.05, 4.69) is 124 Å². The molecular weight excluding hydrogens is 850 g/mol. The van der Waals surface area contributed by atoms with Gasteiger partial charge in [-0.1, -0.05) is 126 Å². The summed E-state index contributed by atoms with van der Waals surface area (Å²) >= 11 is 18.2. The molecule has 6 heterocycles. The van der Waals surface area contributed by atoms with E-state index in [0.29, 0.717) is 15.5 Å². The topological polar surface area (TPSA) is 77.3 Å². The minimum atomic E-state index is 0. The van der Waals surface area contributed by atoms with Crippen molar-refractivity contribution in [3.63, 3.8) is 0 Å². The van der Waals surface area contributed by atoms with Gasteiger partial charge in [0.15, 0.2) is 0 Å². The zero-order chi connectivity index (χ0) is 42.7. The molecule has 0 aliphatic rings. The van der Waals surface area contributed by atoms with Gasteiger partial charge in [0, 0.05) is 79.0 Å². The van der Waals surface area contributed by atoms with E-state index in [-0.39, 0.29) is 8.41 Å². The van der Waals surface area contributed by atoms with Crippen LogP contribution >= 0.6 is 34.8 Å². The summed E-state index contributed by atoms with van der Waals surface area (Å²) in [5, 5.41) is 1.33.